The molecule has 1 unspecified atom stereocenters. The first-order valence-corrected chi connectivity index (χ1v) is 6.86. The maximum absolute atomic E-state index is 12.1. The predicted octanol–water partition coefficient (Wildman–Crippen LogP) is 3.16. The summed E-state index contributed by atoms with van der Waals surface area (Å²) in [4.78, 5) is 13.8. The van der Waals surface area contributed by atoms with Gasteiger partial charge >= 0.3 is 6.09 Å². The SMILES string of the molecule is CC(C)(C)OC(=O)N1CC=CC(c2ccccc2N)C1. The number of hydrogen-bond acceptors (Lipinski definition) is 3. The number of rotatable bonds is 1. The van der Waals surface area contributed by atoms with Crippen molar-refractivity contribution in [2.24, 2.45) is 0 Å². The second-order valence-electron chi connectivity index (χ2n) is 6.05. The van der Waals surface area contributed by atoms with Crippen molar-refractivity contribution < 1.29 is 9.53 Å². The van der Waals surface area contributed by atoms with Gasteiger partial charge in [-0.05, 0) is 32.4 Å². The number of benzene rings is 1. The molecule has 0 fully saturated rings. The number of nitrogens with two attached hydrogens (primary N) is 1. The minimum Gasteiger partial charge on any atom is -0.444 e. The van der Waals surface area contributed by atoms with Gasteiger partial charge in [-0.15, -0.1) is 0 Å². The van der Waals surface area contributed by atoms with E-state index in [1.54, 1.807) is 4.90 Å². The lowest BCUT2D eigenvalue weighted by molar-refractivity contribution is 0.0259. The number of nitrogens with zero attached hydrogens (tertiary/aromatic N) is 1. The van der Waals surface area contributed by atoms with Crippen LogP contribution in [0.3, 0.4) is 0 Å². The van der Waals surface area contributed by atoms with Crippen LogP contribution >= 0.6 is 0 Å². The molecule has 1 aliphatic heterocycles. The quantitative estimate of drug-likeness (QED) is 0.632. The first-order chi connectivity index (χ1) is 9.37. The number of anilines is 1. The molecule has 1 heterocycles. The third kappa shape index (κ3) is 3.53. The summed E-state index contributed by atoms with van der Waals surface area (Å²) in [6.07, 6.45) is 3.82. The molecule has 1 atom stereocenters. The highest BCUT2D eigenvalue weighted by Gasteiger charge is 2.26. The van der Waals surface area contributed by atoms with Crippen LogP contribution in [-0.4, -0.2) is 29.7 Å². The van der Waals surface area contributed by atoms with E-state index in [4.69, 9.17) is 10.5 Å². The van der Waals surface area contributed by atoms with Crippen LogP contribution in [0.2, 0.25) is 0 Å². The molecule has 0 saturated heterocycles. The summed E-state index contributed by atoms with van der Waals surface area (Å²) in [7, 11) is 0. The van der Waals surface area contributed by atoms with Gasteiger partial charge < -0.3 is 15.4 Å². The zero-order chi connectivity index (χ0) is 14.8. The first kappa shape index (κ1) is 14.4. The Morgan fingerprint density at radius 3 is 2.70 bits per heavy atom. The van der Waals surface area contributed by atoms with Gasteiger partial charge in [0.05, 0.1) is 0 Å². The van der Waals surface area contributed by atoms with E-state index >= 15 is 0 Å². The van der Waals surface area contributed by atoms with Crippen molar-refractivity contribution in [1.82, 2.24) is 4.90 Å². The van der Waals surface area contributed by atoms with Crippen molar-refractivity contribution >= 4 is 11.8 Å². The number of para-hydroxylation sites is 1. The van der Waals surface area contributed by atoms with Crippen LogP contribution in [0.5, 0.6) is 0 Å². The van der Waals surface area contributed by atoms with Crippen LogP contribution in [0.4, 0.5) is 10.5 Å². The van der Waals surface area contributed by atoms with Crippen LogP contribution in [0.15, 0.2) is 36.4 Å². The van der Waals surface area contributed by atoms with Crippen LogP contribution < -0.4 is 5.73 Å². The molecule has 1 aromatic carbocycles. The van der Waals surface area contributed by atoms with E-state index in [1.807, 2.05) is 51.1 Å². The Balaban J connectivity index is 2.10. The van der Waals surface area contributed by atoms with Gasteiger partial charge in [-0.1, -0.05) is 30.4 Å². The van der Waals surface area contributed by atoms with Crippen molar-refractivity contribution in [3.8, 4) is 0 Å². The van der Waals surface area contributed by atoms with Crippen LogP contribution in [0, 0.1) is 0 Å². The molecule has 4 nitrogen and oxygen atoms in total. The minimum atomic E-state index is -0.473. The summed E-state index contributed by atoms with van der Waals surface area (Å²) in [5, 5.41) is 0. The van der Waals surface area contributed by atoms with Gasteiger partial charge in [0.1, 0.15) is 5.60 Å². The standard InChI is InChI=1S/C16H22N2O2/c1-16(2,3)20-15(19)18-10-6-7-12(11-18)13-8-4-5-9-14(13)17/h4-9,12H,10-11,17H2,1-3H3. The monoisotopic (exact) mass is 274 g/mol. The summed E-state index contributed by atoms with van der Waals surface area (Å²) in [5.41, 5.74) is 7.34. The summed E-state index contributed by atoms with van der Waals surface area (Å²) < 4.78 is 5.41. The predicted molar refractivity (Wildman–Crippen MR) is 80.5 cm³/mol. The fourth-order valence-electron chi connectivity index (χ4n) is 2.25. The Morgan fingerprint density at radius 1 is 1.35 bits per heavy atom. The molecule has 2 N–H and O–H groups in total. The number of ether oxygens (including phenoxy) is 1. The second-order valence-corrected chi connectivity index (χ2v) is 6.05. The van der Waals surface area contributed by atoms with Gasteiger partial charge in [-0.2, -0.15) is 0 Å². The number of carbonyl (C=O) groups is 1. The van der Waals surface area contributed by atoms with Crippen LogP contribution in [-0.2, 0) is 4.74 Å². The average molecular weight is 274 g/mol. The summed E-state index contributed by atoms with van der Waals surface area (Å²) in [6, 6.07) is 7.77. The van der Waals surface area contributed by atoms with Crippen LogP contribution in [0.1, 0.15) is 32.3 Å². The lowest BCUT2D eigenvalue weighted by atomic mass is 9.94. The second kappa shape index (κ2) is 5.57. The maximum atomic E-state index is 12.1. The lowest BCUT2D eigenvalue weighted by Gasteiger charge is -2.31. The third-order valence-electron chi connectivity index (χ3n) is 3.16. The van der Waals surface area contributed by atoms with E-state index in [2.05, 4.69) is 6.08 Å². The van der Waals surface area contributed by atoms with Crippen molar-refractivity contribution in [3.05, 3.63) is 42.0 Å². The molecule has 108 valence electrons. The largest absolute Gasteiger partial charge is 0.444 e. The van der Waals surface area contributed by atoms with E-state index in [0.717, 1.165) is 11.3 Å². The zero-order valence-electron chi connectivity index (χ0n) is 12.3. The van der Waals surface area contributed by atoms with E-state index < -0.39 is 5.60 Å². The van der Waals surface area contributed by atoms with Gasteiger partial charge in [0, 0.05) is 24.7 Å². The summed E-state index contributed by atoms with van der Waals surface area (Å²) in [6.45, 7) is 6.80. The molecule has 1 aliphatic rings. The minimum absolute atomic E-state index is 0.123. The molecule has 1 amide bonds. The topological polar surface area (TPSA) is 55.6 Å². The summed E-state index contributed by atoms with van der Waals surface area (Å²) in [5.74, 6) is 0.123. The van der Waals surface area contributed by atoms with Crippen molar-refractivity contribution in [1.29, 1.82) is 0 Å². The van der Waals surface area contributed by atoms with Gasteiger partial charge in [0.2, 0.25) is 0 Å². The molecule has 0 saturated carbocycles. The Labute approximate surface area is 120 Å². The van der Waals surface area contributed by atoms with E-state index in [0.29, 0.717) is 13.1 Å². The molecule has 20 heavy (non-hydrogen) atoms. The molecule has 1 aromatic rings. The number of hydrogen-bond donors (Lipinski definition) is 1. The molecular weight excluding hydrogens is 252 g/mol. The van der Waals surface area contributed by atoms with E-state index in [1.165, 1.54) is 0 Å². The smallest absolute Gasteiger partial charge is 0.410 e. The Kier molecular flexibility index (Phi) is 4.02. The number of amides is 1. The third-order valence-corrected chi connectivity index (χ3v) is 3.16. The van der Waals surface area contributed by atoms with Crippen LogP contribution in [0.25, 0.3) is 0 Å². The molecule has 4 heteroatoms. The molecule has 0 aromatic heterocycles. The maximum Gasteiger partial charge on any atom is 0.410 e. The zero-order valence-corrected chi connectivity index (χ0v) is 12.3. The highest BCUT2D eigenvalue weighted by molar-refractivity contribution is 5.69. The van der Waals surface area contributed by atoms with Gasteiger partial charge in [0.15, 0.2) is 0 Å². The Hall–Kier alpha value is -1.97. The van der Waals surface area contributed by atoms with E-state index in [-0.39, 0.29) is 12.0 Å². The van der Waals surface area contributed by atoms with Gasteiger partial charge in [-0.25, -0.2) is 4.79 Å². The van der Waals surface area contributed by atoms with Gasteiger partial charge in [0.25, 0.3) is 0 Å². The molecular formula is C16H22N2O2. The average Bonchev–Trinajstić information content (AvgIpc) is 2.37. The fraction of sp³-hybridized carbons (Fsp3) is 0.438. The molecule has 0 spiro atoms. The lowest BCUT2D eigenvalue weighted by Crippen LogP contribution is -2.40. The fourth-order valence-corrected chi connectivity index (χ4v) is 2.25. The number of carbonyl (C=O) groups excluding carboxylic acids is 1. The van der Waals surface area contributed by atoms with Gasteiger partial charge in [-0.3, -0.25) is 0 Å². The Bertz CT molecular complexity index is 517. The van der Waals surface area contributed by atoms with Crippen molar-refractivity contribution in [2.75, 3.05) is 18.8 Å². The molecule has 2 rings (SSSR count). The molecule has 0 bridgehead atoms. The highest BCUT2D eigenvalue weighted by atomic mass is 16.6. The highest BCUT2D eigenvalue weighted by Crippen LogP contribution is 2.27. The first-order valence-electron chi connectivity index (χ1n) is 6.86. The molecule has 0 aliphatic carbocycles. The molecule has 0 radical (unpaired) electrons. The Morgan fingerprint density at radius 2 is 2.05 bits per heavy atom. The van der Waals surface area contributed by atoms with Crippen molar-refractivity contribution in [2.45, 2.75) is 32.3 Å². The normalized spacial score (nSPS) is 18.9. The van der Waals surface area contributed by atoms with E-state index in [9.17, 15) is 4.79 Å². The number of nitrogen functional groups attached to an aromatic ring is 1. The summed E-state index contributed by atoms with van der Waals surface area (Å²) >= 11 is 0. The van der Waals surface area contributed by atoms with Crippen molar-refractivity contribution in [3.63, 3.8) is 0 Å².